The first-order valence-electron chi connectivity index (χ1n) is 7.67. The van der Waals surface area contributed by atoms with E-state index in [4.69, 9.17) is 16.3 Å². The number of fused-ring (bicyclic) bond motifs is 1. The smallest absolute Gasteiger partial charge is 0.230 e. The molecule has 1 amide bonds. The Hall–Kier alpha value is -1.24. The molecule has 0 atom stereocenters. The van der Waals surface area contributed by atoms with Crippen LogP contribution in [0.25, 0.3) is 11.0 Å². The molecule has 0 spiro atoms. The Kier molecular flexibility index (Phi) is 7.20. The van der Waals surface area contributed by atoms with E-state index in [1.54, 1.807) is 6.07 Å². The molecule has 7 heteroatoms. The maximum atomic E-state index is 11.8. The lowest BCUT2D eigenvalue weighted by Gasteiger charge is -2.07. The summed E-state index contributed by atoms with van der Waals surface area (Å²) in [7, 11) is 0. The maximum absolute atomic E-state index is 11.8. The van der Waals surface area contributed by atoms with E-state index in [9.17, 15) is 4.79 Å². The molecule has 1 aromatic carbocycles. The number of nitrogens with one attached hydrogen (secondary N) is 2. The third kappa shape index (κ3) is 6.41. The average Bonchev–Trinajstić information content (AvgIpc) is 2.90. The second-order valence-corrected chi connectivity index (χ2v) is 7.04. The summed E-state index contributed by atoms with van der Waals surface area (Å²) < 4.78 is 5.46. The average molecular weight is 356 g/mol. The molecule has 0 aliphatic heterocycles. The van der Waals surface area contributed by atoms with Crippen molar-refractivity contribution in [1.29, 1.82) is 0 Å². The predicted molar refractivity (Wildman–Crippen MR) is 95.1 cm³/mol. The van der Waals surface area contributed by atoms with E-state index >= 15 is 0 Å². The molecule has 0 saturated heterocycles. The summed E-state index contributed by atoms with van der Waals surface area (Å²) in [6.45, 7) is 6.14. The van der Waals surface area contributed by atoms with E-state index in [-0.39, 0.29) is 5.91 Å². The molecular formula is C16H22ClN3O2S. The number of hydrogen-bond donors (Lipinski definition) is 2. The largest absolute Gasteiger partial charge is 0.380 e. The van der Waals surface area contributed by atoms with Crippen molar-refractivity contribution in [2.24, 2.45) is 5.92 Å². The van der Waals surface area contributed by atoms with Gasteiger partial charge in [0, 0.05) is 18.2 Å². The molecular weight excluding hydrogens is 334 g/mol. The fraction of sp³-hybridized carbons (Fsp3) is 0.500. The first-order chi connectivity index (χ1) is 11.0. The molecule has 2 aromatic rings. The van der Waals surface area contributed by atoms with Gasteiger partial charge in [-0.1, -0.05) is 37.2 Å². The number of aromatic amines is 1. The Balaban J connectivity index is 1.65. The summed E-state index contributed by atoms with van der Waals surface area (Å²) in [5.41, 5.74) is 1.72. The van der Waals surface area contributed by atoms with Crippen LogP contribution in [-0.2, 0) is 9.53 Å². The van der Waals surface area contributed by atoms with E-state index in [1.165, 1.54) is 11.8 Å². The van der Waals surface area contributed by atoms with Crippen molar-refractivity contribution in [3.63, 3.8) is 0 Å². The fourth-order valence-electron chi connectivity index (χ4n) is 1.90. The minimum Gasteiger partial charge on any atom is -0.380 e. The van der Waals surface area contributed by atoms with Crippen molar-refractivity contribution >= 4 is 40.3 Å². The van der Waals surface area contributed by atoms with E-state index in [2.05, 4.69) is 29.1 Å². The molecule has 2 N–H and O–H groups in total. The van der Waals surface area contributed by atoms with Crippen molar-refractivity contribution in [2.75, 3.05) is 25.5 Å². The van der Waals surface area contributed by atoms with Gasteiger partial charge in [-0.05, 0) is 30.5 Å². The number of ether oxygens (including phenoxy) is 1. The Bertz CT molecular complexity index is 645. The van der Waals surface area contributed by atoms with E-state index in [0.717, 1.165) is 24.1 Å². The summed E-state index contributed by atoms with van der Waals surface area (Å²) >= 11 is 7.31. The first kappa shape index (κ1) is 18.1. The number of rotatable bonds is 9. The van der Waals surface area contributed by atoms with Crippen LogP contribution in [0.1, 0.15) is 20.3 Å². The summed E-state index contributed by atoms with van der Waals surface area (Å²) in [5.74, 6) is 0.931. The number of imidazole rings is 1. The molecule has 0 unspecified atom stereocenters. The van der Waals surface area contributed by atoms with Crippen molar-refractivity contribution in [2.45, 2.75) is 25.4 Å². The van der Waals surface area contributed by atoms with Gasteiger partial charge in [0.2, 0.25) is 5.91 Å². The van der Waals surface area contributed by atoms with Gasteiger partial charge in [-0.15, -0.1) is 0 Å². The summed E-state index contributed by atoms with van der Waals surface area (Å²) in [4.78, 5) is 19.3. The minimum atomic E-state index is -0.0269. The Morgan fingerprint density at radius 3 is 3.04 bits per heavy atom. The number of carbonyl (C=O) groups excluding carboxylic acids is 1. The Morgan fingerprint density at radius 2 is 2.26 bits per heavy atom. The highest BCUT2D eigenvalue weighted by Gasteiger charge is 2.07. The molecule has 126 valence electrons. The fourth-order valence-corrected chi connectivity index (χ4v) is 2.78. The van der Waals surface area contributed by atoms with Gasteiger partial charge < -0.3 is 15.0 Å². The van der Waals surface area contributed by atoms with Crippen molar-refractivity contribution in [3.8, 4) is 0 Å². The number of aromatic nitrogens is 2. The molecule has 0 bridgehead atoms. The number of hydrogen-bond acceptors (Lipinski definition) is 4. The second kappa shape index (κ2) is 9.15. The normalized spacial score (nSPS) is 11.3. The zero-order chi connectivity index (χ0) is 16.7. The zero-order valence-electron chi connectivity index (χ0n) is 13.4. The first-order valence-corrected chi connectivity index (χ1v) is 9.03. The Morgan fingerprint density at radius 1 is 1.43 bits per heavy atom. The highest BCUT2D eigenvalue weighted by atomic mass is 35.5. The summed E-state index contributed by atoms with van der Waals surface area (Å²) in [5, 5.41) is 4.21. The van der Waals surface area contributed by atoms with Gasteiger partial charge in [0.25, 0.3) is 0 Å². The van der Waals surface area contributed by atoms with Crippen LogP contribution in [0.3, 0.4) is 0 Å². The van der Waals surface area contributed by atoms with Crippen molar-refractivity contribution in [1.82, 2.24) is 15.3 Å². The molecule has 1 aromatic heterocycles. The quantitative estimate of drug-likeness (QED) is 0.533. The van der Waals surface area contributed by atoms with Gasteiger partial charge in [-0.25, -0.2) is 4.98 Å². The summed E-state index contributed by atoms with van der Waals surface area (Å²) in [6.07, 6.45) is 1.04. The van der Waals surface area contributed by atoms with Crippen LogP contribution in [0.2, 0.25) is 5.02 Å². The molecule has 2 rings (SSSR count). The second-order valence-electron chi connectivity index (χ2n) is 5.64. The highest BCUT2D eigenvalue weighted by Crippen LogP contribution is 2.21. The van der Waals surface area contributed by atoms with Crippen LogP contribution in [0, 0.1) is 5.92 Å². The van der Waals surface area contributed by atoms with Crippen molar-refractivity contribution < 1.29 is 9.53 Å². The topological polar surface area (TPSA) is 67.0 Å². The number of carbonyl (C=O) groups is 1. The minimum absolute atomic E-state index is 0.0269. The molecule has 0 radical (unpaired) electrons. The molecule has 1 heterocycles. The third-order valence-corrected chi connectivity index (χ3v) is 4.28. The van der Waals surface area contributed by atoms with Crippen LogP contribution >= 0.6 is 23.4 Å². The van der Waals surface area contributed by atoms with Gasteiger partial charge >= 0.3 is 0 Å². The van der Waals surface area contributed by atoms with Crippen molar-refractivity contribution in [3.05, 3.63) is 23.2 Å². The third-order valence-electron chi connectivity index (χ3n) is 3.17. The van der Waals surface area contributed by atoms with Crippen LogP contribution in [-0.4, -0.2) is 41.4 Å². The molecule has 0 aliphatic rings. The number of H-pyrrole nitrogens is 1. The SMILES string of the molecule is CC(C)CCOCCNC(=O)CSc1nc2ccc(Cl)cc2[nH]1. The molecule has 0 aliphatic carbocycles. The van der Waals surface area contributed by atoms with Crippen LogP contribution in [0.15, 0.2) is 23.4 Å². The van der Waals surface area contributed by atoms with Crippen LogP contribution < -0.4 is 5.32 Å². The van der Waals surface area contributed by atoms with E-state index in [0.29, 0.717) is 35.0 Å². The molecule has 0 fully saturated rings. The van der Waals surface area contributed by atoms with Crippen LogP contribution in [0.4, 0.5) is 0 Å². The van der Waals surface area contributed by atoms with Gasteiger partial charge in [0.05, 0.1) is 23.4 Å². The lowest BCUT2D eigenvalue weighted by molar-refractivity contribution is -0.118. The monoisotopic (exact) mass is 355 g/mol. The highest BCUT2D eigenvalue weighted by molar-refractivity contribution is 7.99. The molecule has 5 nitrogen and oxygen atoms in total. The lowest BCUT2D eigenvalue weighted by atomic mass is 10.1. The van der Waals surface area contributed by atoms with Gasteiger partial charge in [0.15, 0.2) is 5.16 Å². The summed E-state index contributed by atoms with van der Waals surface area (Å²) in [6, 6.07) is 5.47. The van der Waals surface area contributed by atoms with E-state index < -0.39 is 0 Å². The zero-order valence-corrected chi connectivity index (χ0v) is 15.0. The number of nitrogens with zero attached hydrogens (tertiary/aromatic N) is 1. The number of thioether (sulfide) groups is 1. The molecule has 0 saturated carbocycles. The standard InChI is InChI=1S/C16H22ClN3O2S/c1-11(2)5-7-22-8-6-18-15(21)10-23-16-19-13-4-3-12(17)9-14(13)20-16/h3-4,9,11H,5-8,10H2,1-2H3,(H,18,21)(H,19,20). The molecule has 23 heavy (non-hydrogen) atoms. The number of halogens is 1. The van der Waals surface area contributed by atoms with Gasteiger partial charge in [-0.3, -0.25) is 4.79 Å². The van der Waals surface area contributed by atoms with E-state index in [1.807, 2.05) is 12.1 Å². The lowest BCUT2D eigenvalue weighted by Crippen LogP contribution is -2.28. The number of benzene rings is 1. The van der Waals surface area contributed by atoms with Gasteiger partial charge in [0.1, 0.15) is 0 Å². The maximum Gasteiger partial charge on any atom is 0.230 e. The van der Waals surface area contributed by atoms with Gasteiger partial charge in [-0.2, -0.15) is 0 Å². The van der Waals surface area contributed by atoms with Crippen LogP contribution in [0.5, 0.6) is 0 Å². The number of amides is 1. The Labute approximate surface area is 145 Å². The predicted octanol–water partition coefficient (Wildman–Crippen LogP) is 3.49.